The van der Waals surface area contributed by atoms with Crippen molar-refractivity contribution in [2.24, 2.45) is 5.10 Å². The number of allylic oxidation sites excluding steroid dienone is 1. The van der Waals surface area contributed by atoms with E-state index in [1.54, 1.807) is 4.90 Å². The summed E-state index contributed by atoms with van der Waals surface area (Å²) < 4.78 is 44.1. The first-order chi connectivity index (χ1) is 13.2. The lowest BCUT2D eigenvalue weighted by Gasteiger charge is -2.39. The quantitative estimate of drug-likeness (QED) is 0.807. The van der Waals surface area contributed by atoms with Gasteiger partial charge in [-0.1, -0.05) is 12.1 Å². The number of hydrogen-bond donors (Lipinski definition) is 2. The first kappa shape index (κ1) is 19.8. The molecule has 0 bridgehead atoms. The van der Waals surface area contributed by atoms with Gasteiger partial charge in [-0.3, -0.25) is 4.90 Å². The van der Waals surface area contributed by atoms with Crippen LogP contribution in [-0.4, -0.2) is 70.4 Å². The molecule has 1 amide bonds. The summed E-state index contributed by atoms with van der Waals surface area (Å²) in [5.74, 6) is -1.39. The molecular weight excluding hydrogens is 383 g/mol. The van der Waals surface area contributed by atoms with Gasteiger partial charge in [-0.05, 0) is 18.2 Å². The van der Waals surface area contributed by atoms with Crippen LogP contribution in [0.5, 0.6) is 0 Å². The number of carbonyl (C=O) groups is 2. The lowest BCUT2D eigenvalue weighted by molar-refractivity contribution is -0.137. The number of halogens is 3. The maximum Gasteiger partial charge on any atom is 0.429 e. The number of carboxylic acid groups (broad SMARTS) is 2. The van der Waals surface area contributed by atoms with Gasteiger partial charge in [0.1, 0.15) is 6.17 Å². The molecule has 3 rings (SSSR count). The minimum atomic E-state index is -4.60. The van der Waals surface area contributed by atoms with Crippen molar-refractivity contribution in [2.75, 3.05) is 26.3 Å². The highest BCUT2D eigenvalue weighted by Gasteiger charge is 2.39. The summed E-state index contributed by atoms with van der Waals surface area (Å²) in [6.07, 6.45) is -6.22. The van der Waals surface area contributed by atoms with E-state index in [1.807, 2.05) is 0 Å². The highest BCUT2D eigenvalue weighted by molar-refractivity contribution is 6.13. The van der Waals surface area contributed by atoms with Gasteiger partial charge in [0.15, 0.2) is 0 Å². The monoisotopic (exact) mass is 399 g/mol. The van der Waals surface area contributed by atoms with Crippen molar-refractivity contribution >= 4 is 17.8 Å². The molecule has 8 nitrogen and oxygen atoms in total. The molecule has 1 aromatic rings. The zero-order valence-electron chi connectivity index (χ0n) is 14.4. The number of ether oxygens (including phenoxy) is 1. The summed E-state index contributed by atoms with van der Waals surface area (Å²) in [5, 5.41) is 23.6. The third-order valence-corrected chi connectivity index (χ3v) is 4.34. The Labute approximate surface area is 157 Å². The lowest BCUT2D eigenvalue weighted by atomic mass is 10.0. The van der Waals surface area contributed by atoms with E-state index in [9.17, 15) is 33.0 Å². The number of nitrogens with zero attached hydrogens (tertiary/aromatic N) is 3. The van der Waals surface area contributed by atoms with Crippen molar-refractivity contribution in [1.29, 1.82) is 0 Å². The van der Waals surface area contributed by atoms with Gasteiger partial charge >= 0.3 is 18.2 Å². The van der Waals surface area contributed by atoms with Crippen LogP contribution < -0.4 is 0 Å². The minimum absolute atomic E-state index is 0.0414. The Hall–Kier alpha value is -2.92. The molecule has 1 atom stereocenters. The van der Waals surface area contributed by atoms with Crippen molar-refractivity contribution in [3.8, 4) is 0 Å². The number of benzene rings is 1. The van der Waals surface area contributed by atoms with Gasteiger partial charge in [-0.25, -0.2) is 9.59 Å². The summed E-state index contributed by atoms with van der Waals surface area (Å²) >= 11 is 0. The normalized spacial score (nSPS) is 21.1. The molecule has 2 aliphatic rings. The molecule has 0 aliphatic carbocycles. The second-order valence-corrected chi connectivity index (χ2v) is 6.12. The van der Waals surface area contributed by atoms with Crippen LogP contribution in [0.4, 0.5) is 18.0 Å². The van der Waals surface area contributed by atoms with E-state index in [2.05, 4.69) is 5.10 Å². The highest BCUT2D eigenvalue weighted by atomic mass is 19.4. The standard InChI is InChI=1S/C17H16F3N3O5/c18-17(19,20)11-3-1-2-10(8-11)13-9-12(15(24)25)14(23(21-13)16(26)27)22-4-6-28-7-5-22/h1-3,8-9,14H,4-7H2,(H,24,25)(H,26,27). The summed E-state index contributed by atoms with van der Waals surface area (Å²) in [6.45, 7) is 1.16. The van der Waals surface area contributed by atoms with Crippen LogP contribution in [0.2, 0.25) is 0 Å². The van der Waals surface area contributed by atoms with Gasteiger partial charge in [-0.2, -0.15) is 23.3 Å². The fourth-order valence-electron chi connectivity index (χ4n) is 3.04. The van der Waals surface area contributed by atoms with Crippen molar-refractivity contribution in [1.82, 2.24) is 9.91 Å². The number of hydrogen-bond acceptors (Lipinski definition) is 5. The van der Waals surface area contributed by atoms with Crippen LogP contribution in [0.15, 0.2) is 41.0 Å². The SMILES string of the molecule is O=C(O)C1=CC(c2cccc(C(F)(F)F)c2)=NN(C(=O)O)C1N1CCOCC1. The number of carboxylic acids is 1. The van der Waals surface area contributed by atoms with Gasteiger partial charge < -0.3 is 14.9 Å². The Morgan fingerprint density at radius 2 is 1.86 bits per heavy atom. The van der Waals surface area contributed by atoms with Crippen LogP contribution in [0.25, 0.3) is 0 Å². The minimum Gasteiger partial charge on any atom is -0.478 e. The summed E-state index contributed by atoms with van der Waals surface area (Å²) in [6, 6.07) is 4.11. The predicted molar refractivity (Wildman–Crippen MR) is 89.7 cm³/mol. The number of amides is 1. The Kier molecular flexibility index (Phi) is 5.38. The zero-order chi connectivity index (χ0) is 20.5. The van der Waals surface area contributed by atoms with E-state index < -0.39 is 30.0 Å². The first-order valence-corrected chi connectivity index (χ1v) is 8.23. The van der Waals surface area contributed by atoms with E-state index in [0.29, 0.717) is 18.2 Å². The summed E-state index contributed by atoms with van der Waals surface area (Å²) in [4.78, 5) is 25.1. The highest BCUT2D eigenvalue weighted by Crippen LogP contribution is 2.31. The van der Waals surface area contributed by atoms with Gasteiger partial charge in [0.2, 0.25) is 0 Å². The van der Waals surface area contributed by atoms with Gasteiger partial charge in [0.05, 0.1) is 30.1 Å². The van der Waals surface area contributed by atoms with Crippen LogP contribution in [0.3, 0.4) is 0 Å². The molecule has 2 N–H and O–H groups in total. The number of hydrazone groups is 1. The van der Waals surface area contributed by atoms with E-state index in [4.69, 9.17) is 4.74 Å². The van der Waals surface area contributed by atoms with Crippen molar-refractivity contribution in [3.05, 3.63) is 47.0 Å². The van der Waals surface area contributed by atoms with E-state index >= 15 is 0 Å². The number of rotatable bonds is 3. The van der Waals surface area contributed by atoms with Crippen molar-refractivity contribution in [2.45, 2.75) is 12.3 Å². The number of morpholine rings is 1. The molecule has 0 radical (unpaired) electrons. The fraction of sp³-hybridized carbons (Fsp3) is 0.353. The second-order valence-electron chi connectivity index (χ2n) is 6.12. The average molecular weight is 399 g/mol. The lowest BCUT2D eigenvalue weighted by Crippen LogP contribution is -2.55. The number of aliphatic carboxylic acids is 1. The van der Waals surface area contributed by atoms with Gasteiger partial charge in [-0.15, -0.1) is 0 Å². The van der Waals surface area contributed by atoms with Crippen molar-refractivity contribution < 1.29 is 37.7 Å². The predicted octanol–water partition coefficient (Wildman–Crippen LogP) is 2.07. The summed E-state index contributed by atoms with van der Waals surface area (Å²) in [5.41, 5.74) is -1.47. The molecule has 2 aliphatic heterocycles. The van der Waals surface area contributed by atoms with Gasteiger partial charge in [0, 0.05) is 18.7 Å². The molecule has 0 spiro atoms. The Bertz CT molecular complexity index is 847. The van der Waals surface area contributed by atoms with E-state index in [0.717, 1.165) is 24.3 Å². The molecule has 0 aromatic heterocycles. The molecule has 1 fully saturated rings. The Balaban J connectivity index is 2.06. The molecule has 11 heteroatoms. The maximum atomic E-state index is 13.0. The molecule has 0 saturated carbocycles. The molecule has 150 valence electrons. The van der Waals surface area contributed by atoms with Gasteiger partial charge in [0.25, 0.3) is 0 Å². The molecule has 1 aromatic carbocycles. The Morgan fingerprint density at radius 3 is 2.43 bits per heavy atom. The van der Waals surface area contributed by atoms with E-state index in [-0.39, 0.29) is 29.9 Å². The largest absolute Gasteiger partial charge is 0.478 e. The third-order valence-electron chi connectivity index (χ3n) is 4.34. The molecule has 1 saturated heterocycles. The second kappa shape index (κ2) is 7.60. The Morgan fingerprint density at radius 1 is 1.18 bits per heavy atom. The van der Waals surface area contributed by atoms with Crippen LogP contribution in [-0.2, 0) is 15.7 Å². The molecule has 1 unspecified atom stereocenters. The topological polar surface area (TPSA) is 103 Å². The maximum absolute atomic E-state index is 13.0. The molecule has 2 heterocycles. The fourth-order valence-corrected chi connectivity index (χ4v) is 3.04. The van der Waals surface area contributed by atoms with Crippen LogP contribution in [0.1, 0.15) is 11.1 Å². The molecular formula is C17H16F3N3O5. The molecule has 28 heavy (non-hydrogen) atoms. The van der Waals surface area contributed by atoms with Crippen molar-refractivity contribution in [3.63, 3.8) is 0 Å². The van der Waals surface area contributed by atoms with Crippen LogP contribution in [0, 0.1) is 0 Å². The third kappa shape index (κ3) is 3.99. The summed E-state index contributed by atoms with van der Waals surface area (Å²) in [7, 11) is 0. The van der Waals surface area contributed by atoms with Crippen LogP contribution >= 0.6 is 0 Å². The first-order valence-electron chi connectivity index (χ1n) is 8.23. The number of alkyl halides is 3. The smallest absolute Gasteiger partial charge is 0.429 e. The van der Waals surface area contributed by atoms with E-state index in [1.165, 1.54) is 6.07 Å². The average Bonchev–Trinajstić information content (AvgIpc) is 2.67. The zero-order valence-corrected chi connectivity index (χ0v) is 14.4.